The Hall–Kier alpha value is -1.16. The van der Waals surface area contributed by atoms with E-state index < -0.39 is 0 Å². The Morgan fingerprint density at radius 2 is 2.13 bits per heavy atom. The number of anilines is 1. The van der Waals surface area contributed by atoms with Crippen LogP contribution in [-0.2, 0) is 4.74 Å². The largest absolute Gasteiger partial charge is 0.378 e. The van der Waals surface area contributed by atoms with Crippen molar-refractivity contribution in [3.63, 3.8) is 0 Å². The molecule has 1 aliphatic rings. The van der Waals surface area contributed by atoms with Crippen molar-refractivity contribution in [2.75, 3.05) is 11.9 Å². The lowest BCUT2D eigenvalue weighted by Crippen LogP contribution is -2.41. The fraction of sp³-hybridized carbons (Fsp3) is 0.636. The van der Waals surface area contributed by atoms with E-state index in [0.717, 1.165) is 31.0 Å². The molecule has 1 fully saturated rings. The van der Waals surface area contributed by atoms with Crippen LogP contribution in [0.4, 0.5) is 5.82 Å². The van der Waals surface area contributed by atoms with E-state index in [9.17, 15) is 0 Å². The molecule has 0 atom stereocenters. The highest BCUT2D eigenvalue weighted by Gasteiger charge is 2.29. The Morgan fingerprint density at radius 3 is 2.80 bits per heavy atom. The molecule has 0 aromatic carbocycles. The van der Waals surface area contributed by atoms with E-state index in [4.69, 9.17) is 4.74 Å². The van der Waals surface area contributed by atoms with E-state index in [1.54, 1.807) is 12.4 Å². The van der Waals surface area contributed by atoms with E-state index in [1.165, 1.54) is 0 Å². The molecule has 82 valence electrons. The minimum atomic E-state index is 0.435. The molecule has 4 nitrogen and oxygen atoms in total. The van der Waals surface area contributed by atoms with Gasteiger partial charge in [-0.05, 0) is 26.7 Å². The van der Waals surface area contributed by atoms with E-state index in [2.05, 4.69) is 15.3 Å². The van der Waals surface area contributed by atoms with Crippen molar-refractivity contribution in [1.82, 2.24) is 9.97 Å². The second-order valence-corrected chi connectivity index (χ2v) is 3.88. The quantitative estimate of drug-likeness (QED) is 0.817. The second kappa shape index (κ2) is 4.57. The van der Waals surface area contributed by atoms with E-state index in [-0.39, 0.29) is 0 Å². The molecule has 0 aliphatic heterocycles. The molecule has 4 heteroatoms. The Kier molecular flexibility index (Phi) is 3.16. The summed E-state index contributed by atoms with van der Waals surface area (Å²) in [5.74, 6) is 0.900. The molecule has 15 heavy (non-hydrogen) atoms. The lowest BCUT2D eigenvalue weighted by Gasteiger charge is -2.35. The molecule has 0 amide bonds. The highest BCUT2D eigenvalue weighted by atomic mass is 16.5. The summed E-state index contributed by atoms with van der Waals surface area (Å²) in [7, 11) is 0. The average molecular weight is 207 g/mol. The van der Waals surface area contributed by atoms with E-state index >= 15 is 0 Å². The van der Waals surface area contributed by atoms with Crippen molar-refractivity contribution in [3.05, 3.63) is 18.1 Å². The summed E-state index contributed by atoms with van der Waals surface area (Å²) < 4.78 is 5.50. The molecule has 2 rings (SSSR count). The van der Waals surface area contributed by atoms with Gasteiger partial charge in [0.05, 0.1) is 11.8 Å². The van der Waals surface area contributed by atoms with Gasteiger partial charge in [-0.25, -0.2) is 4.98 Å². The lowest BCUT2D eigenvalue weighted by molar-refractivity contribution is 0.00290. The first kappa shape index (κ1) is 10.4. The average Bonchev–Trinajstić information content (AvgIpc) is 2.18. The standard InChI is InChI=1S/C11H17N3O/c1-3-15-10-6-9(7-10)14-11-8(2)12-4-5-13-11/h4-5,9-10H,3,6-7H2,1-2H3,(H,13,14). The summed E-state index contributed by atoms with van der Waals surface area (Å²) in [6.07, 6.45) is 6.01. The summed E-state index contributed by atoms with van der Waals surface area (Å²) in [4.78, 5) is 8.45. The fourth-order valence-corrected chi connectivity index (χ4v) is 1.80. The molecular formula is C11H17N3O. The first-order chi connectivity index (χ1) is 7.29. The molecule has 1 aromatic heterocycles. The third-order valence-electron chi connectivity index (χ3n) is 2.72. The lowest BCUT2D eigenvalue weighted by atomic mass is 9.89. The summed E-state index contributed by atoms with van der Waals surface area (Å²) in [6, 6.07) is 0.497. The van der Waals surface area contributed by atoms with Crippen LogP contribution in [0.5, 0.6) is 0 Å². The third kappa shape index (κ3) is 2.45. The van der Waals surface area contributed by atoms with E-state index in [1.807, 2.05) is 13.8 Å². The first-order valence-corrected chi connectivity index (χ1v) is 5.45. The third-order valence-corrected chi connectivity index (χ3v) is 2.72. The summed E-state index contributed by atoms with van der Waals surface area (Å²) in [5.41, 5.74) is 0.956. The second-order valence-electron chi connectivity index (χ2n) is 3.88. The van der Waals surface area contributed by atoms with Gasteiger partial charge < -0.3 is 10.1 Å². The monoisotopic (exact) mass is 207 g/mol. The maximum Gasteiger partial charge on any atom is 0.147 e. The van der Waals surface area contributed by atoms with Gasteiger partial charge in [0.25, 0.3) is 0 Å². The van der Waals surface area contributed by atoms with Crippen LogP contribution in [-0.4, -0.2) is 28.7 Å². The van der Waals surface area contributed by atoms with Crippen LogP contribution in [0.25, 0.3) is 0 Å². The minimum Gasteiger partial charge on any atom is -0.378 e. The number of rotatable bonds is 4. The smallest absolute Gasteiger partial charge is 0.147 e. The van der Waals surface area contributed by atoms with Crippen LogP contribution in [0.1, 0.15) is 25.5 Å². The highest BCUT2D eigenvalue weighted by Crippen LogP contribution is 2.26. The number of ether oxygens (including phenoxy) is 1. The zero-order valence-electron chi connectivity index (χ0n) is 9.23. The Labute approximate surface area is 90.1 Å². The summed E-state index contributed by atoms with van der Waals surface area (Å²) >= 11 is 0. The predicted molar refractivity (Wildman–Crippen MR) is 58.8 cm³/mol. The Morgan fingerprint density at radius 1 is 1.40 bits per heavy atom. The van der Waals surface area contributed by atoms with Crippen LogP contribution in [0, 0.1) is 6.92 Å². The topological polar surface area (TPSA) is 47.0 Å². The van der Waals surface area contributed by atoms with Crippen LogP contribution in [0.2, 0.25) is 0 Å². The maximum atomic E-state index is 5.50. The molecule has 0 unspecified atom stereocenters. The molecule has 1 saturated carbocycles. The van der Waals surface area contributed by atoms with Crippen molar-refractivity contribution in [2.45, 2.75) is 38.8 Å². The predicted octanol–water partition coefficient (Wildman–Crippen LogP) is 1.76. The Bertz CT molecular complexity index is 323. The van der Waals surface area contributed by atoms with Gasteiger partial charge >= 0.3 is 0 Å². The van der Waals surface area contributed by atoms with Gasteiger partial charge in [0.2, 0.25) is 0 Å². The minimum absolute atomic E-state index is 0.435. The van der Waals surface area contributed by atoms with Gasteiger partial charge in [0.15, 0.2) is 0 Å². The van der Waals surface area contributed by atoms with Crippen LogP contribution < -0.4 is 5.32 Å². The van der Waals surface area contributed by atoms with Crippen LogP contribution in [0.3, 0.4) is 0 Å². The van der Waals surface area contributed by atoms with Gasteiger partial charge in [0, 0.05) is 25.0 Å². The zero-order valence-corrected chi connectivity index (χ0v) is 9.23. The molecule has 1 N–H and O–H groups in total. The molecule has 0 radical (unpaired) electrons. The maximum absolute atomic E-state index is 5.50. The number of hydrogen-bond donors (Lipinski definition) is 1. The normalized spacial score (nSPS) is 24.7. The molecule has 0 bridgehead atoms. The molecule has 0 saturated heterocycles. The summed E-state index contributed by atoms with van der Waals surface area (Å²) in [6.45, 7) is 4.81. The van der Waals surface area contributed by atoms with Gasteiger partial charge in [-0.2, -0.15) is 0 Å². The fourth-order valence-electron chi connectivity index (χ4n) is 1.80. The molecular weight excluding hydrogens is 190 g/mol. The highest BCUT2D eigenvalue weighted by molar-refractivity contribution is 5.40. The zero-order chi connectivity index (χ0) is 10.7. The van der Waals surface area contributed by atoms with E-state index in [0.29, 0.717) is 12.1 Å². The number of aryl methyl sites for hydroxylation is 1. The molecule has 1 aliphatic carbocycles. The molecule has 0 spiro atoms. The van der Waals surface area contributed by atoms with Gasteiger partial charge in [-0.15, -0.1) is 0 Å². The molecule has 1 aromatic rings. The van der Waals surface area contributed by atoms with Crippen molar-refractivity contribution in [3.8, 4) is 0 Å². The number of hydrogen-bond acceptors (Lipinski definition) is 4. The van der Waals surface area contributed by atoms with Gasteiger partial charge in [-0.1, -0.05) is 0 Å². The van der Waals surface area contributed by atoms with Gasteiger partial charge in [-0.3, -0.25) is 4.98 Å². The Balaban J connectivity index is 1.82. The van der Waals surface area contributed by atoms with Gasteiger partial charge in [0.1, 0.15) is 5.82 Å². The van der Waals surface area contributed by atoms with Crippen molar-refractivity contribution >= 4 is 5.82 Å². The van der Waals surface area contributed by atoms with Crippen molar-refractivity contribution in [2.24, 2.45) is 0 Å². The van der Waals surface area contributed by atoms with Crippen LogP contribution >= 0.6 is 0 Å². The summed E-state index contributed by atoms with van der Waals surface area (Å²) in [5, 5.41) is 3.38. The SMILES string of the molecule is CCOC1CC(Nc2nccnc2C)C1. The van der Waals surface area contributed by atoms with Crippen molar-refractivity contribution < 1.29 is 4.74 Å². The molecule has 1 heterocycles. The van der Waals surface area contributed by atoms with Crippen molar-refractivity contribution in [1.29, 1.82) is 0 Å². The number of nitrogens with zero attached hydrogens (tertiary/aromatic N) is 2. The number of nitrogens with one attached hydrogen (secondary N) is 1. The van der Waals surface area contributed by atoms with Crippen LogP contribution in [0.15, 0.2) is 12.4 Å². The number of aromatic nitrogens is 2. The first-order valence-electron chi connectivity index (χ1n) is 5.45.